The van der Waals surface area contributed by atoms with Crippen molar-refractivity contribution in [3.63, 3.8) is 0 Å². The van der Waals surface area contributed by atoms with Gasteiger partial charge in [-0.2, -0.15) is 0 Å². The number of rotatable bonds is 4. The summed E-state index contributed by atoms with van der Waals surface area (Å²) in [5.74, 6) is 0. The lowest BCUT2D eigenvalue weighted by Gasteiger charge is -2.27. The molecule has 110 valence electrons. The van der Waals surface area contributed by atoms with Crippen molar-refractivity contribution >= 4 is 28.6 Å². The van der Waals surface area contributed by atoms with Crippen molar-refractivity contribution in [3.05, 3.63) is 98.2 Å². The quantitative estimate of drug-likeness (QED) is 0.375. The molecule has 0 fully saturated rings. The molecule has 3 aromatic rings. The Morgan fingerprint density at radius 3 is 1.86 bits per heavy atom. The van der Waals surface area contributed by atoms with Crippen molar-refractivity contribution in [1.82, 2.24) is 0 Å². The monoisotopic (exact) mass is 329 g/mol. The van der Waals surface area contributed by atoms with Gasteiger partial charge in [0.15, 0.2) is 0 Å². The molecule has 0 amide bonds. The van der Waals surface area contributed by atoms with Gasteiger partial charge < -0.3 is 0 Å². The van der Waals surface area contributed by atoms with Crippen molar-refractivity contribution < 1.29 is 4.92 Å². The highest BCUT2D eigenvalue weighted by molar-refractivity contribution is 7.11. The Hall–Kier alpha value is -2.17. The molecule has 5 heteroatoms. The van der Waals surface area contributed by atoms with Gasteiger partial charge in [0.1, 0.15) is 4.87 Å². The van der Waals surface area contributed by atoms with Crippen molar-refractivity contribution in [1.29, 1.82) is 0 Å². The Labute approximate surface area is 137 Å². The van der Waals surface area contributed by atoms with E-state index in [1.165, 1.54) is 16.7 Å². The van der Waals surface area contributed by atoms with Crippen LogP contribution in [0.3, 0.4) is 0 Å². The van der Waals surface area contributed by atoms with E-state index in [9.17, 15) is 10.1 Å². The summed E-state index contributed by atoms with van der Waals surface area (Å²) in [6, 6.07) is 20.8. The Morgan fingerprint density at radius 2 is 1.45 bits per heavy atom. The first-order valence-corrected chi connectivity index (χ1v) is 7.91. The van der Waals surface area contributed by atoms with Crippen LogP contribution in [-0.2, 0) is 4.87 Å². The molecule has 0 radical (unpaired) electrons. The molecule has 2 aromatic carbocycles. The van der Waals surface area contributed by atoms with E-state index in [-0.39, 0.29) is 5.69 Å². The van der Waals surface area contributed by atoms with Gasteiger partial charge >= 0.3 is 0 Å². The zero-order valence-corrected chi connectivity index (χ0v) is 13.1. The second-order valence-corrected chi connectivity index (χ2v) is 6.29. The molecule has 0 bridgehead atoms. The average molecular weight is 330 g/mol. The fraction of sp³-hybridized carbons (Fsp3) is 0.0588. The largest absolute Gasteiger partial charge is 0.280 e. The summed E-state index contributed by atoms with van der Waals surface area (Å²) >= 11 is 8.32. The highest BCUT2D eigenvalue weighted by atomic mass is 35.5. The van der Waals surface area contributed by atoms with Crippen molar-refractivity contribution in [2.75, 3.05) is 0 Å². The third-order valence-corrected chi connectivity index (χ3v) is 5.27. The highest BCUT2D eigenvalue weighted by Gasteiger charge is 2.36. The maximum absolute atomic E-state index is 11.0. The zero-order valence-electron chi connectivity index (χ0n) is 11.5. The number of alkyl halides is 1. The summed E-state index contributed by atoms with van der Waals surface area (Å²) in [6.45, 7) is 0. The van der Waals surface area contributed by atoms with Gasteiger partial charge in [0, 0.05) is 10.9 Å². The maximum Gasteiger partial charge on any atom is 0.280 e. The van der Waals surface area contributed by atoms with E-state index in [2.05, 4.69) is 0 Å². The Balaban J connectivity index is 2.21. The number of benzene rings is 2. The number of halogens is 1. The van der Waals surface area contributed by atoms with Crippen LogP contribution in [0.2, 0.25) is 0 Å². The maximum atomic E-state index is 11.0. The number of nitro groups is 1. The summed E-state index contributed by atoms with van der Waals surface area (Å²) < 4.78 is 0. The van der Waals surface area contributed by atoms with Crippen LogP contribution in [0.25, 0.3) is 0 Å². The fourth-order valence-corrected chi connectivity index (χ4v) is 3.82. The number of nitrogens with zero attached hydrogens (tertiary/aromatic N) is 1. The third kappa shape index (κ3) is 2.51. The molecule has 3 rings (SSSR count). The minimum Gasteiger partial charge on any atom is -0.258 e. The molecule has 0 saturated carbocycles. The molecule has 0 unspecified atom stereocenters. The molecule has 0 spiro atoms. The zero-order chi connectivity index (χ0) is 15.6. The van der Waals surface area contributed by atoms with E-state index in [0.29, 0.717) is 0 Å². The molecule has 0 saturated heterocycles. The Kier molecular flexibility index (Phi) is 3.96. The molecule has 0 atom stereocenters. The van der Waals surface area contributed by atoms with Crippen LogP contribution in [-0.4, -0.2) is 4.92 Å². The minimum absolute atomic E-state index is 0.0666. The molecule has 3 nitrogen and oxygen atoms in total. The van der Waals surface area contributed by atoms with Crippen LogP contribution in [0.1, 0.15) is 16.0 Å². The number of hydrogen-bond donors (Lipinski definition) is 0. The van der Waals surface area contributed by atoms with Gasteiger partial charge in [0.25, 0.3) is 5.69 Å². The second-order valence-electron chi connectivity index (χ2n) is 4.82. The first-order chi connectivity index (χ1) is 10.6. The fourth-order valence-electron chi connectivity index (χ4n) is 2.39. The van der Waals surface area contributed by atoms with Crippen molar-refractivity contribution in [2.24, 2.45) is 0 Å². The highest BCUT2D eigenvalue weighted by Crippen LogP contribution is 2.46. The van der Waals surface area contributed by atoms with Gasteiger partial charge in [-0.25, -0.2) is 0 Å². The van der Waals surface area contributed by atoms with E-state index in [0.717, 1.165) is 16.0 Å². The van der Waals surface area contributed by atoms with Gasteiger partial charge in [-0.15, -0.1) is 22.9 Å². The van der Waals surface area contributed by atoms with Crippen LogP contribution >= 0.6 is 22.9 Å². The average Bonchev–Trinajstić information content (AvgIpc) is 3.06. The Morgan fingerprint density at radius 1 is 0.955 bits per heavy atom. The van der Waals surface area contributed by atoms with Gasteiger partial charge in [0.05, 0.1) is 10.3 Å². The summed E-state index contributed by atoms with van der Waals surface area (Å²) in [5.41, 5.74) is 1.84. The van der Waals surface area contributed by atoms with Gasteiger partial charge in [0.2, 0.25) is 0 Å². The molecular weight excluding hydrogens is 318 g/mol. The standard InChI is InChI=1S/C17H12ClNO2S/c18-17(13-7-3-1-4-8-13,14-9-5-2-6-10-14)16-11-15(12-22-16)19(20)21/h1-12H. The molecule has 0 N–H and O–H groups in total. The Bertz CT molecular complexity index is 747. The summed E-state index contributed by atoms with van der Waals surface area (Å²) in [4.78, 5) is 10.4. The van der Waals surface area contributed by atoms with Crippen LogP contribution in [0.4, 0.5) is 5.69 Å². The first-order valence-electron chi connectivity index (χ1n) is 6.65. The van der Waals surface area contributed by atoms with Crippen molar-refractivity contribution in [3.8, 4) is 0 Å². The summed E-state index contributed by atoms with van der Waals surface area (Å²) in [6.07, 6.45) is 0. The normalized spacial score (nSPS) is 11.3. The van der Waals surface area contributed by atoms with Gasteiger partial charge in [-0.1, -0.05) is 60.7 Å². The van der Waals surface area contributed by atoms with Crippen LogP contribution < -0.4 is 0 Å². The van der Waals surface area contributed by atoms with Crippen LogP contribution in [0.15, 0.2) is 72.1 Å². The molecule has 1 aromatic heterocycles. The molecule has 0 aliphatic rings. The SMILES string of the molecule is O=[N+]([O-])c1csc(C(Cl)(c2ccccc2)c2ccccc2)c1. The smallest absolute Gasteiger partial charge is 0.258 e. The first kappa shape index (κ1) is 14.8. The van der Waals surface area contributed by atoms with Gasteiger partial charge in [-0.05, 0) is 11.1 Å². The predicted octanol–water partition coefficient (Wildman–Crippen LogP) is 5.19. The second kappa shape index (κ2) is 5.91. The van der Waals surface area contributed by atoms with E-state index < -0.39 is 9.80 Å². The molecule has 22 heavy (non-hydrogen) atoms. The van der Waals surface area contributed by atoms with E-state index in [1.54, 1.807) is 6.07 Å². The lowest BCUT2D eigenvalue weighted by Crippen LogP contribution is -2.20. The van der Waals surface area contributed by atoms with E-state index >= 15 is 0 Å². The summed E-state index contributed by atoms with van der Waals surface area (Å²) in [7, 11) is 0. The van der Waals surface area contributed by atoms with Gasteiger partial charge in [-0.3, -0.25) is 10.1 Å². The lowest BCUT2D eigenvalue weighted by atomic mass is 9.89. The van der Waals surface area contributed by atoms with Crippen molar-refractivity contribution in [2.45, 2.75) is 4.87 Å². The molecule has 0 aliphatic carbocycles. The molecule has 1 heterocycles. The van der Waals surface area contributed by atoms with Crippen LogP contribution in [0.5, 0.6) is 0 Å². The number of thiophene rings is 1. The molecular formula is C17H12ClNO2S. The number of hydrogen-bond acceptors (Lipinski definition) is 3. The topological polar surface area (TPSA) is 43.1 Å². The third-order valence-electron chi connectivity index (χ3n) is 3.48. The predicted molar refractivity (Wildman–Crippen MR) is 89.6 cm³/mol. The summed E-state index contributed by atoms with van der Waals surface area (Å²) in [5, 5.41) is 12.5. The lowest BCUT2D eigenvalue weighted by molar-refractivity contribution is -0.384. The van der Waals surface area contributed by atoms with E-state index in [4.69, 9.17) is 11.6 Å². The molecule has 0 aliphatic heterocycles. The van der Waals surface area contributed by atoms with Crippen LogP contribution in [0, 0.1) is 10.1 Å². The minimum atomic E-state index is -0.929. The van der Waals surface area contributed by atoms with E-state index in [1.807, 2.05) is 60.7 Å².